The van der Waals surface area contributed by atoms with Crippen molar-refractivity contribution in [2.45, 2.75) is 33.7 Å². The van der Waals surface area contributed by atoms with Gasteiger partial charge in [0, 0.05) is 30.7 Å². The molecule has 1 N–H and O–H groups in total. The van der Waals surface area contributed by atoms with E-state index in [9.17, 15) is 4.79 Å². The number of anilines is 1. The van der Waals surface area contributed by atoms with E-state index in [-0.39, 0.29) is 11.6 Å². The maximum absolute atomic E-state index is 11.4. The Morgan fingerprint density at radius 3 is 2.55 bits per heavy atom. The molecular weight excluding hydrogens is 250 g/mol. The van der Waals surface area contributed by atoms with E-state index in [1.807, 2.05) is 26.1 Å². The predicted molar refractivity (Wildman–Crippen MR) is 82.2 cm³/mol. The van der Waals surface area contributed by atoms with E-state index in [0.29, 0.717) is 0 Å². The Hall–Kier alpha value is -2.10. The third-order valence-corrected chi connectivity index (χ3v) is 3.49. The first kappa shape index (κ1) is 14.3. The number of aromatic nitrogens is 2. The highest BCUT2D eigenvalue weighted by Gasteiger charge is 2.13. The molecule has 0 radical (unpaired) electrons. The average Bonchev–Trinajstić information content (AvgIpc) is 2.32. The number of nitrogens with one attached hydrogen (secondary N) is 1. The van der Waals surface area contributed by atoms with Crippen molar-refractivity contribution in [1.82, 2.24) is 9.55 Å². The van der Waals surface area contributed by atoms with E-state index in [1.54, 1.807) is 17.7 Å². The van der Waals surface area contributed by atoms with Gasteiger partial charge in [-0.15, -0.1) is 0 Å². The van der Waals surface area contributed by atoms with Crippen LogP contribution >= 0.6 is 0 Å². The normalized spacial score (nSPS) is 12.2. The third kappa shape index (κ3) is 2.90. The van der Waals surface area contributed by atoms with Crippen molar-refractivity contribution in [2.24, 2.45) is 7.05 Å². The van der Waals surface area contributed by atoms with E-state index in [4.69, 9.17) is 0 Å². The fourth-order valence-corrected chi connectivity index (χ4v) is 2.69. The average molecular weight is 271 g/mol. The quantitative estimate of drug-likeness (QED) is 0.933. The Morgan fingerprint density at radius 2 is 1.95 bits per heavy atom. The molecule has 0 bridgehead atoms. The zero-order chi connectivity index (χ0) is 14.9. The Bertz CT molecular complexity index is 665. The van der Waals surface area contributed by atoms with Crippen LogP contribution in [0, 0.1) is 20.8 Å². The minimum absolute atomic E-state index is 0.00688. The van der Waals surface area contributed by atoms with E-state index < -0.39 is 0 Å². The Kier molecular flexibility index (Phi) is 3.93. The molecule has 2 aromatic rings. The molecule has 0 fully saturated rings. The van der Waals surface area contributed by atoms with Crippen LogP contribution in [0.2, 0.25) is 0 Å². The van der Waals surface area contributed by atoms with Crippen molar-refractivity contribution in [3.8, 4) is 0 Å². The van der Waals surface area contributed by atoms with Crippen LogP contribution in [0.4, 0.5) is 5.69 Å². The second kappa shape index (κ2) is 5.49. The van der Waals surface area contributed by atoms with Gasteiger partial charge in [0.05, 0.1) is 11.7 Å². The zero-order valence-electron chi connectivity index (χ0n) is 12.7. The molecule has 2 aromatic heterocycles. The van der Waals surface area contributed by atoms with Gasteiger partial charge in [-0.25, -0.2) is 0 Å². The largest absolute Gasteiger partial charge is 0.377 e. The lowest BCUT2D eigenvalue weighted by molar-refractivity contribution is 0.823. The highest BCUT2D eigenvalue weighted by atomic mass is 16.1. The zero-order valence-corrected chi connectivity index (χ0v) is 12.7. The van der Waals surface area contributed by atoms with Gasteiger partial charge in [-0.2, -0.15) is 0 Å². The Morgan fingerprint density at radius 1 is 1.25 bits per heavy atom. The SMILES string of the molecule is Cc1cc(C)c(C(C)Nc2ccc(=O)n(C)c2)c(C)n1. The van der Waals surface area contributed by atoms with Crippen LogP contribution in [0.3, 0.4) is 0 Å². The van der Waals surface area contributed by atoms with Crippen LogP contribution < -0.4 is 10.9 Å². The summed E-state index contributed by atoms with van der Waals surface area (Å²) >= 11 is 0. The molecule has 0 aromatic carbocycles. The number of rotatable bonds is 3. The van der Waals surface area contributed by atoms with Gasteiger partial charge < -0.3 is 9.88 Å². The van der Waals surface area contributed by atoms with Gasteiger partial charge in [0.15, 0.2) is 0 Å². The molecule has 0 amide bonds. The summed E-state index contributed by atoms with van der Waals surface area (Å²) in [4.78, 5) is 15.9. The highest BCUT2D eigenvalue weighted by Crippen LogP contribution is 2.24. The van der Waals surface area contributed by atoms with Gasteiger partial charge in [-0.3, -0.25) is 9.78 Å². The second-order valence-electron chi connectivity index (χ2n) is 5.31. The fourth-order valence-electron chi connectivity index (χ4n) is 2.69. The molecule has 0 saturated carbocycles. The molecule has 0 aliphatic rings. The van der Waals surface area contributed by atoms with Crippen LogP contribution in [0.5, 0.6) is 0 Å². The molecule has 4 nitrogen and oxygen atoms in total. The highest BCUT2D eigenvalue weighted by molar-refractivity contribution is 5.45. The Balaban J connectivity index is 2.30. The topological polar surface area (TPSA) is 46.9 Å². The molecule has 2 rings (SSSR count). The van der Waals surface area contributed by atoms with Gasteiger partial charge in [0.2, 0.25) is 5.56 Å². The summed E-state index contributed by atoms with van der Waals surface area (Å²) in [6.07, 6.45) is 1.81. The summed E-state index contributed by atoms with van der Waals surface area (Å²) in [7, 11) is 1.75. The van der Waals surface area contributed by atoms with E-state index in [0.717, 1.165) is 17.1 Å². The first-order valence-corrected chi connectivity index (χ1v) is 6.76. The molecule has 1 atom stereocenters. The number of hydrogen-bond acceptors (Lipinski definition) is 3. The maximum Gasteiger partial charge on any atom is 0.250 e. The number of nitrogens with zero attached hydrogens (tertiary/aromatic N) is 2. The number of hydrogen-bond donors (Lipinski definition) is 1. The van der Waals surface area contributed by atoms with Crippen molar-refractivity contribution >= 4 is 5.69 Å². The predicted octanol–water partition coefficient (Wildman–Crippen LogP) is 2.88. The van der Waals surface area contributed by atoms with Crippen LogP contribution in [0.1, 0.15) is 35.5 Å². The van der Waals surface area contributed by atoms with Crippen LogP contribution in [-0.4, -0.2) is 9.55 Å². The van der Waals surface area contributed by atoms with E-state index in [2.05, 4.69) is 30.2 Å². The summed E-state index contributed by atoms with van der Waals surface area (Å²) < 4.78 is 1.57. The summed E-state index contributed by atoms with van der Waals surface area (Å²) in [6, 6.07) is 5.62. The van der Waals surface area contributed by atoms with Crippen LogP contribution in [0.15, 0.2) is 29.2 Å². The molecule has 106 valence electrons. The summed E-state index contributed by atoms with van der Waals surface area (Å²) in [5, 5.41) is 3.43. The molecule has 0 aliphatic carbocycles. The van der Waals surface area contributed by atoms with Crippen LogP contribution in [0.25, 0.3) is 0 Å². The molecule has 1 unspecified atom stereocenters. The first-order chi connectivity index (χ1) is 9.38. The smallest absolute Gasteiger partial charge is 0.250 e. The number of pyridine rings is 2. The van der Waals surface area contributed by atoms with Crippen molar-refractivity contribution in [1.29, 1.82) is 0 Å². The minimum atomic E-state index is -0.00688. The molecule has 20 heavy (non-hydrogen) atoms. The lowest BCUT2D eigenvalue weighted by Crippen LogP contribution is -2.17. The van der Waals surface area contributed by atoms with Gasteiger partial charge in [0.1, 0.15) is 0 Å². The van der Waals surface area contributed by atoms with Crippen molar-refractivity contribution in [3.63, 3.8) is 0 Å². The van der Waals surface area contributed by atoms with Gasteiger partial charge >= 0.3 is 0 Å². The molecule has 4 heteroatoms. The van der Waals surface area contributed by atoms with Crippen molar-refractivity contribution < 1.29 is 0 Å². The lowest BCUT2D eigenvalue weighted by Gasteiger charge is -2.20. The van der Waals surface area contributed by atoms with Gasteiger partial charge in [-0.05, 0) is 51.0 Å². The minimum Gasteiger partial charge on any atom is -0.377 e. The third-order valence-electron chi connectivity index (χ3n) is 3.49. The van der Waals surface area contributed by atoms with Crippen molar-refractivity contribution in [3.05, 3.63) is 57.3 Å². The van der Waals surface area contributed by atoms with Gasteiger partial charge in [-0.1, -0.05) is 0 Å². The second-order valence-corrected chi connectivity index (χ2v) is 5.31. The van der Waals surface area contributed by atoms with Crippen LogP contribution in [-0.2, 0) is 7.05 Å². The standard InChI is InChI=1S/C16H21N3O/c1-10-8-11(2)17-12(3)16(10)13(4)18-14-6-7-15(20)19(5)9-14/h6-9,13,18H,1-5H3. The summed E-state index contributed by atoms with van der Waals surface area (Å²) in [6.45, 7) is 8.26. The molecule has 0 saturated heterocycles. The van der Waals surface area contributed by atoms with Gasteiger partial charge in [0.25, 0.3) is 0 Å². The molecule has 0 aliphatic heterocycles. The van der Waals surface area contributed by atoms with E-state index >= 15 is 0 Å². The maximum atomic E-state index is 11.4. The lowest BCUT2D eigenvalue weighted by atomic mass is 10.0. The molecule has 2 heterocycles. The Labute approximate surface area is 119 Å². The summed E-state index contributed by atoms with van der Waals surface area (Å²) in [5.74, 6) is 0. The van der Waals surface area contributed by atoms with E-state index in [1.165, 1.54) is 11.1 Å². The summed E-state index contributed by atoms with van der Waals surface area (Å²) in [5.41, 5.74) is 5.46. The molecular formula is C16H21N3O. The first-order valence-electron chi connectivity index (χ1n) is 6.76. The fraction of sp³-hybridized carbons (Fsp3) is 0.375. The number of aryl methyl sites for hydroxylation is 4. The van der Waals surface area contributed by atoms with Crippen molar-refractivity contribution in [2.75, 3.05) is 5.32 Å². The molecule has 0 spiro atoms. The monoisotopic (exact) mass is 271 g/mol.